The maximum Gasteiger partial charge on any atom is 0.258 e. The van der Waals surface area contributed by atoms with Crippen LogP contribution in [0.15, 0.2) is 42.5 Å². The third-order valence-electron chi connectivity index (χ3n) is 4.40. The van der Waals surface area contributed by atoms with Crippen molar-refractivity contribution in [3.8, 4) is 5.75 Å². The van der Waals surface area contributed by atoms with Crippen LogP contribution < -0.4 is 4.74 Å². The molecule has 0 aliphatic carbocycles. The first kappa shape index (κ1) is 17.7. The highest BCUT2D eigenvalue weighted by Gasteiger charge is 2.25. The van der Waals surface area contributed by atoms with Crippen LogP contribution >= 0.6 is 11.6 Å². The Kier molecular flexibility index (Phi) is 5.56. The molecule has 25 heavy (non-hydrogen) atoms. The lowest BCUT2D eigenvalue weighted by Gasteiger charge is -2.35. The quantitative estimate of drug-likeness (QED) is 0.835. The highest BCUT2D eigenvalue weighted by molar-refractivity contribution is 6.33. The zero-order valence-electron chi connectivity index (χ0n) is 14.0. The number of hydrogen-bond acceptors (Lipinski definition) is 3. The minimum Gasteiger partial charge on any atom is -0.497 e. The third kappa shape index (κ3) is 4.11. The van der Waals surface area contributed by atoms with Crippen LogP contribution in [0.1, 0.15) is 15.9 Å². The fourth-order valence-corrected chi connectivity index (χ4v) is 3.20. The van der Waals surface area contributed by atoms with Crippen molar-refractivity contribution in [3.63, 3.8) is 0 Å². The fourth-order valence-electron chi connectivity index (χ4n) is 2.96. The van der Waals surface area contributed by atoms with E-state index >= 15 is 0 Å². The van der Waals surface area contributed by atoms with Gasteiger partial charge in [-0.3, -0.25) is 9.69 Å². The number of amides is 1. The van der Waals surface area contributed by atoms with Crippen molar-refractivity contribution in [3.05, 3.63) is 64.4 Å². The van der Waals surface area contributed by atoms with Crippen LogP contribution in [0.3, 0.4) is 0 Å². The first-order valence-corrected chi connectivity index (χ1v) is 8.55. The molecule has 1 fully saturated rings. The third-order valence-corrected chi connectivity index (χ3v) is 4.72. The first-order chi connectivity index (χ1) is 12.1. The van der Waals surface area contributed by atoms with Crippen molar-refractivity contribution < 1.29 is 13.9 Å². The molecule has 2 aromatic carbocycles. The predicted molar refractivity (Wildman–Crippen MR) is 95.6 cm³/mol. The van der Waals surface area contributed by atoms with Crippen molar-refractivity contribution >= 4 is 17.5 Å². The molecule has 1 aliphatic rings. The lowest BCUT2D eigenvalue weighted by Crippen LogP contribution is -2.48. The van der Waals surface area contributed by atoms with Gasteiger partial charge in [-0.25, -0.2) is 4.39 Å². The molecule has 0 N–H and O–H groups in total. The van der Waals surface area contributed by atoms with Crippen molar-refractivity contribution in [2.45, 2.75) is 6.54 Å². The second kappa shape index (κ2) is 7.85. The van der Waals surface area contributed by atoms with Crippen LogP contribution in [0.25, 0.3) is 0 Å². The summed E-state index contributed by atoms with van der Waals surface area (Å²) in [6, 6.07) is 12.3. The number of piperazine rings is 1. The molecule has 0 bridgehead atoms. The van der Waals surface area contributed by atoms with Crippen LogP contribution in [0.2, 0.25) is 5.02 Å². The molecule has 6 heteroatoms. The van der Waals surface area contributed by atoms with Gasteiger partial charge in [0.1, 0.15) is 11.6 Å². The summed E-state index contributed by atoms with van der Waals surface area (Å²) in [4.78, 5) is 16.5. The van der Waals surface area contributed by atoms with Gasteiger partial charge in [-0.05, 0) is 29.8 Å². The molecule has 1 heterocycles. The van der Waals surface area contributed by atoms with E-state index in [2.05, 4.69) is 4.90 Å². The van der Waals surface area contributed by atoms with Gasteiger partial charge in [0.05, 0.1) is 17.7 Å². The molecule has 0 unspecified atom stereocenters. The standard InChI is InChI=1S/C19H20ClFN2O2/c1-25-15-7-5-14(6-8-15)13-22-9-11-23(12-10-22)19(24)18-16(20)3-2-4-17(18)21/h2-8H,9-13H2,1H3. The number of carbonyl (C=O) groups excluding carboxylic acids is 1. The van der Waals surface area contributed by atoms with Crippen LogP contribution in [-0.4, -0.2) is 49.0 Å². The number of carbonyl (C=O) groups is 1. The minimum atomic E-state index is -0.571. The Hall–Kier alpha value is -2.11. The molecule has 1 aliphatic heterocycles. The smallest absolute Gasteiger partial charge is 0.258 e. The van der Waals surface area contributed by atoms with Crippen molar-refractivity contribution in [1.82, 2.24) is 9.80 Å². The average molecular weight is 363 g/mol. The van der Waals surface area contributed by atoms with Crippen LogP contribution in [-0.2, 0) is 6.54 Å². The molecule has 4 nitrogen and oxygen atoms in total. The van der Waals surface area contributed by atoms with Crippen molar-refractivity contribution in [2.75, 3.05) is 33.3 Å². The van der Waals surface area contributed by atoms with E-state index in [-0.39, 0.29) is 16.5 Å². The van der Waals surface area contributed by atoms with Crippen LogP contribution in [0, 0.1) is 5.82 Å². The first-order valence-electron chi connectivity index (χ1n) is 8.17. The van der Waals surface area contributed by atoms with Crippen LogP contribution in [0.5, 0.6) is 5.75 Å². The van der Waals surface area contributed by atoms with Gasteiger partial charge >= 0.3 is 0 Å². The number of ether oxygens (including phenoxy) is 1. The van der Waals surface area contributed by atoms with E-state index in [4.69, 9.17) is 16.3 Å². The lowest BCUT2D eigenvalue weighted by atomic mass is 10.1. The topological polar surface area (TPSA) is 32.8 Å². The maximum atomic E-state index is 13.9. The van der Waals surface area contributed by atoms with Crippen molar-refractivity contribution in [2.24, 2.45) is 0 Å². The lowest BCUT2D eigenvalue weighted by molar-refractivity contribution is 0.0624. The van der Waals surface area contributed by atoms with E-state index < -0.39 is 5.82 Å². The Morgan fingerprint density at radius 1 is 1.12 bits per heavy atom. The van der Waals surface area contributed by atoms with Crippen LogP contribution in [0.4, 0.5) is 4.39 Å². The number of methoxy groups -OCH3 is 1. The molecule has 0 saturated carbocycles. The molecule has 0 atom stereocenters. The second-order valence-corrected chi connectivity index (χ2v) is 6.42. The molecule has 132 valence electrons. The summed E-state index contributed by atoms with van der Waals surface area (Å²) < 4.78 is 19.1. The predicted octanol–water partition coefficient (Wildman–Crippen LogP) is 3.45. The van der Waals surface area contributed by atoms with E-state index in [1.54, 1.807) is 12.0 Å². The normalized spacial score (nSPS) is 15.2. The zero-order valence-corrected chi connectivity index (χ0v) is 14.8. The molecule has 0 spiro atoms. The van der Waals surface area contributed by atoms with E-state index in [1.807, 2.05) is 24.3 Å². The van der Waals surface area contributed by atoms with E-state index in [0.29, 0.717) is 13.1 Å². The number of hydrogen-bond donors (Lipinski definition) is 0. The molecular formula is C19H20ClFN2O2. The van der Waals surface area contributed by atoms with Gasteiger partial charge in [-0.15, -0.1) is 0 Å². The maximum absolute atomic E-state index is 13.9. The Morgan fingerprint density at radius 2 is 1.80 bits per heavy atom. The summed E-state index contributed by atoms with van der Waals surface area (Å²) in [7, 11) is 1.65. The number of rotatable bonds is 4. The molecule has 1 saturated heterocycles. The zero-order chi connectivity index (χ0) is 17.8. The second-order valence-electron chi connectivity index (χ2n) is 6.01. The summed E-state index contributed by atoms with van der Waals surface area (Å²) in [6.45, 7) is 3.40. The SMILES string of the molecule is COc1ccc(CN2CCN(C(=O)c3c(F)cccc3Cl)CC2)cc1. The number of nitrogens with zero attached hydrogens (tertiary/aromatic N) is 2. The Morgan fingerprint density at radius 3 is 2.40 bits per heavy atom. The van der Waals surface area contributed by atoms with Crippen molar-refractivity contribution in [1.29, 1.82) is 0 Å². The van der Waals surface area contributed by atoms with E-state index in [0.717, 1.165) is 25.4 Å². The Bertz CT molecular complexity index is 723. The minimum absolute atomic E-state index is 0.0345. The van der Waals surface area contributed by atoms with Gasteiger partial charge in [0, 0.05) is 32.7 Å². The largest absolute Gasteiger partial charge is 0.497 e. The monoisotopic (exact) mass is 362 g/mol. The fraction of sp³-hybridized carbons (Fsp3) is 0.316. The molecule has 3 rings (SSSR count). The van der Waals surface area contributed by atoms with Gasteiger partial charge in [0.25, 0.3) is 5.91 Å². The Labute approximate surface area is 151 Å². The van der Waals surface area contributed by atoms with Gasteiger partial charge in [-0.1, -0.05) is 29.8 Å². The molecule has 1 amide bonds. The average Bonchev–Trinajstić information content (AvgIpc) is 2.63. The van der Waals surface area contributed by atoms with Gasteiger partial charge in [-0.2, -0.15) is 0 Å². The summed E-state index contributed by atoms with van der Waals surface area (Å²) in [5.74, 6) is -0.0775. The van der Waals surface area contributed by atoms with Gasteiger partial charge in [0.2, 0.25) is 0 Å². The highest BCUT2D eigenvalue weighted by Crippen LogP contribution is 2.22. The Balaban J connectivity index is 1.58. The molecule has 0 aromatic heterocycles. The molecule has 0 radical (unpaired) electrons. The number of benzene rings is 2. The van der Waals surface area contributed by atoms with E-state index in [1.165, 1.54) is 23.8 Å². The number of halogens is 2. The van der Waals surface area contributed by atoms with Gasteiger partial charge in [0.15, 0.2) is 0 Å². The molecule has 2 aromatic rings. The summed E-state index contributed by atoms with van der Waals surface area (Å²) in [6.07, 6.45) is 0. The van der Waals surface area contributed by atoms with E-state index in [9.17, 15) is 9.18 Å². The summed E-state index contributed by atoms with van der Waals surface area (Å²) in [5, 5.41) is 0.158. The summed E-state index contributed by atoms with van der Waals surface area (Å²) >= 11 is 6.00. The van der Waals surface area contributed by atoms with Gasteiger partial charge < -0.3 is 9.64 Å². The highest BCUT2D eigenvalue weighted by atomic mass is 35.5. The summed E-state index contributed by atoms with van der Waals surface area (Å²) in [5.41, 5.74) is 1.16. The molecular weight excluding hydrogens is 343 g/mol.